The maximum atomic E-state index is 12.6. The van der Waals surface area contributed by atoms with Crippen LogP contribution in [0.25, 0.3) is 11.0 Å². The minimum absolute atomic E-state index is 0.0128. The van der Waals surface area contributed by atoms with Crippen molar-refractivity contribution >= 4 is 44.4 Å². The summed E-state index contributed by atoms with van der Waals surface area (Å²) in [6.45, 7) is 3.98. The van der Waals surface area contributed by atoms with Gasteiger partial charge in [0.05, 0.1) is 34.9 Å². The zero-order chi connectivity index (χ0) is 23.4. The van der Waals surface area contributed by atoms with E-state index >= 15 is 0 Å². The topological polar surface area (TPSA) is 126 Å². The highest BCUT2D eigenvalue weighted by Gasteiger charge is 2.17. The molecule has 0 saturated heterocycles. The summed E-state index contributed by atoms with van der Waals surface area (Å²) in [5.41, 5.74) is 1.97. The number of fused-ring (bicyclic) bond motifs is 2. The number of nitrogens with one attached hydrogen (secondary N) is 1. The first-order valence-corrected chi connectivity index (χ1v) is 13.2. The quantitative estimate of drug-likeness (QED) is 0.464. The first kappa shape index (κ1) is 23.4. The molecule has 0 atom stereocenters. The third-order valence-electron chi connectivity index (χ3n) is 5.11. The van der Waals surface area contributed by atoms with Gasteiger partial charge in [-0.3, -0.25) is 4.79 Å². The first-order chi connectivity index (χ1) is 15.8. The van der Waals surface area contributed by atoms with Crippen LogP contribution in [0.5, 0.6) is 11.5 Å². The molecule has 0 bridgehead atoms. The molecule has 0 radical (unpaired) electrons. The van der Waals surface area contributed by atoms with Crippen molar-refractivity contribution in [3.8, 4) is 11.5 Å². The van der Waals surface area contributed by atoms with Gasteiger partial charge in [-0.15, -0.1) is 0 Å². The highest BCUT2D eigenvalue weighted by Crippen LogP contribution is 2.32. The summed E-state index contributed by atoms with van der Waals surface area (Å²) < 4.78 is 36.7. The molecule has 0 saturated carbocycles. The molecule has 33 heavy (non-hydrogen) atoms. The van der Waals surface area contributed by atoms with Crippen LogP contribution in [0.3, 0.4) is 0 Å². The second kappa shape index (κ2) is 10.0. The second-order valence-electron chi connectivity index (χ2n) is 7.64. The molecule has 1 aliphatic heterocycles. The number of ether oxygens (including phenoxy) is 2. The number of aromatic nitrogens is 2. The number of hydrogen-bond donors (Lipinski definition) is 2. The van der Waals surface area contributed by atoms with E-state index in [-0.39, 0.29) is 16.6 Å². The number of nitrogens with zero attached hydrogens (tertiary/aromatic N) is 2. The van der Waals surface area contributed by atoms with Crippen molar-refractivity contribution < 1.29 is 22.7 Å². The zero-order valence-corrected chi connectivity index (χ0v) is 19.9. The lowest BCUT2D eigenvalue weighted by atomic mass is 10.2. The molecular weight excluding hydrogens is 464 g/mol. The van der Waals surface area contributed by atoms with Crippen molar-refractivity contribution in [1.82, 2.24) is 9.55 Å². The Labute approximate surface area is 196 Å². The number of nitrogens with two attached hydrogens (primary N) is 1. The number of carbonyl (C=O) groups excluding carboxylic acids is 1. The molecule has 0 unspecified atom stereocenters. The number of rotatable bonds is 8. The summed E-state index contributed by atoms with van der Waals surface area (Å²) in [6, 6.07) is 9.98. The summed E-state index contributed by atoms with van der Waals surface area (Å²) in [5, 5.41) is 8.79. The van der Waals surface area contributed by atoms with E-state index in [1.54, 1.807) is 24.3 Å². The lowest BCUT2D eigenvalue weighted by molar-refractivity contribution is -0.113. The Morgan fingerprint density at radius 1 is 1.18 bits per heavy atom. The average Bonchev–Trinajstić information content (AvgIpc) is 2.95. The second-order valence-corrected chi connectivity index (χ2v) is 10.1. The minimum atomic E-state index is -3.82. The van der Waals surface area contributed by atoms with Gasteiger partial charge in [0.15, 0.2) is 16.7 Å². The van der Waals surface area contributed by atoms with E-state index in [2.05, 4.69) is 17.2 Å². The maximum absolute atomic E-state index is 12.6. The third-order valence-corrected chi connectivity index (χ3v) is 7.00. The van der Waals surface area contributed by atoms with Crippen LogP contribution in [0.1, 0.15) is 26.2 Å². The smallest absolute Gasteiger partial charge is 0.238 e. The Hall–Kier alpha value is -2.76. The van der Waals surface area contributed by atoms with Crippen LogP contribution in [0, 0.1) is 0 Å². The molecule has 0 fully saturated rings. The van der Waals surface area contributed by atoms with Crippen LogP contribution < -0.4 is 19.9 Å². The van der Waals surface area contributed by atoms with Crippen molar-refractivity contribution in [2.75, 3.05) is 24.3 Å². The summed E-state index contributed by atoms with van der Waals surface area (Å²) in [5.74, 6) is 1.24. The Bertz CT molecular complexity index is 1270. The van der Waals surface area contributed by atoms with Crippen LogP contribution in [0.15, 0.2) is 46.5 Å². The molecule has 4 rings (SSSR count). The number of hydrogen-bond acceptors (Lipinski definition) is 7. The van der Waals surface area contributed by atoms with Gasteiger partial charge in [0.25, 0.3) is 0 Å². The predicted molar refractivity (Wildman–Crippen MR) is 127 cm³/mol. The van der Waals surface area contributed by atoms with Gasteiger partial charge in [0, 0.05) is 24.7 Å². The van der Waals surface area contributed by atoms with Crippen LogP contribution in [-0.2, 0) is 21.4 Å². The number of aryl methyl sites for hydroxylation is 1. The van der Waals surface area contributed by atoms with Crippen LogP contribution in [0.2, 0.25) is 0 Å². The fourth-order valence-corrected chi connectivity index (χ4v) is 4.85. The number of amides is 1. The lowest BCUT2D eigenvalue weighted by Crippen LogP contribution is -2.14. The van der Waals surface area contributed by atoms with Crippen molar-refractivity contribution in [3.05, 3.63) is 36.4 Å². The summed E-state index contributed by atoms with van der Waals surface area (Å²) in [4.78, 5) is 17.2. The van der Waals surface area contributed by atoms with E-state index in [1.807, 2.05) is 4.57 Å². The van der Waals surface area contributed by atoms with Gasteiger partial charge >= 0.3 is 0 Å². The fraction of sp³-hybridized carbons (Fsp3) is 0.364. The van der Waals surface area contributed by atoms with E-state index in [0.717, 1.165) is 24.8 Å². The van der Waals surface area contributed by atoms with Gasteiger partial charge in [-0.2, -0.15) is 0 Å². The van der Waals surface area contributed by atoms with Crippen molar-refractivity contribution in [2.24, 2.45) is 5.14 Å². The summed E-state index contributed by atoms with van der Waals surface area (Å²) in [6.07, 6.45) is 2.73. The van der Waals surface area contributed by atoms with Crippen LogP contribution >= 0.6 is 11.8 Å². The Morgan fingerprint density at radius 2 is 1.97 bits per heavy atom. The molecule has 1 aromatic heterocycles. The largest absolute Gasteiger partial charge is 0.490 e. The number of imidazole rings is 1. The van der Waals surface area contributed by atoms with E-state index in [1.165, 1.54) is 23.9 Å². The molecule has 2 aromatic carbocycles. The van der Waals surface area contributed by atoms with E-state index < -0.39 is 10.0 Å². The predicted octanol–water partition coefficient (Wildman–Crippen LogP) is 3.38. The Kier molecular flexibility index (Phi) is 7.11. The van der Waals surface area contributed by atoms with E-state index in [0.29, 0.717) is 47.6 Å². The standard InChI is InChI=1S/C22H26N4O5S2/c1-2-3-9-26-18-7-6-16(33(23,28)29)13-17(18)25-22(26)32-14-21(27)24-15-5-8-19-20(12-15)31-11-4-10-30-19/h5-8,12-13H,2-4,9-11,14H2,1H3,(H,24,27)(H2,23,28,29). The molecule has 2 heterocycles. The van der Waals surface area contributed by atoms with Gasteiger partial charge in [-0.25, -0.2) is 18.5 Å². The zero-order valence-electron chi connectivity index (χ0n) is 18.2. The van der Waals surface area contributed by atoms with Gasteiger partial charge in [-0.1, -0.05) is 25.1 Å². The first-order valence-electron chi connectivity index (χ1n) is 10.7. The molecule has 1 aliphatic rings. The third kappa shape index (κ3) is 5.60. The van der Waals surface area contributed by atoms with Crippen molar-refractivity contribution in [1.29, 1.82) is 0 Å². The van der Waals surface area contributed by atoms with E-state index in [9.17, 15) is 13.2 Å². The Morgan fingerprint density at radius 3 is 2.73 bits per heavy atom. The molecule has 3 aromatic rings. The molecule has 3 N–H and O–H groups in total. The van der Waals surface area contributed by atoms with Gasteiger partial charge in [0.1, 0.15) is 0 Å². The SMILES string of the molecule is CCCCn1c(SCC(=O)Nc2ccc3c(c2)OCCCO3)nc2cc(S(N)(=O)=O)ccc21. The van der Waals surface area contributed by atoms with Crippen molar-refractivity contribution in [2.45, 2.75) is 42.8 Å². The number of thioether (sulfide) groups is 1. The minimum Gasteiger partial charge on any atom is -0.490 e. The molecule has 1 amide bonds. The highest BCUT2D eigenvalue weighted by molar-refractivity contribution is 7.99. The summed E-state index contributed by atoms with van der Waals surface area (Å²) in [7, 11) is -3.82. The fourth-order valence-electron chi connectivity index (χ4n) is 3.48. The van der Waals surface area contributed by atoms with Gasteiger partial charge in [0.2, 0.25) is 15.9 Å². The van der Waals surface area contributed by atoms with Gasteiger partial charge < -0.3 is 19.4 Å². The molecule has 0 aliphatic carbocycles. The normalized spacial score (nSPS) is 13.6. The highest BCUT2D eigenvalue weighted by atomic mass is 32.2. The number of anilines is 1. The Balaban J connectivity index is 1.49. The number of carbonyl (C=O) groups is 1. The van der Waals surface area contributed by atoms with Crippen molar-refractivity contribution in [3.63, 3.8) is 0 Å². The maximum Gasteiger partial charge on any atom is 0.238 e. The van der Waals surface area contributed by atoms with Crippen LogP contribution in [0.4, 0.5) is 5.69 Å². The lowest BCUT2D eigenvalue weighted by Gasteiger charge is -2.11. The molecule has 176 valence electrons. The number of unbranched alkanes of at least 4 members (excludes halogenated alkanes) is 1. The summed E-state index contributed by atoms with van der Waals surface area (Å²) >= 11 is 1.30. The number of primary sulfonamides is 1. The monoisotopic (exact) mass is 490 g/mol. The van der Waals surface area contributed by atoms with Crippen LogP contribution in [-0.4, -0.2) is 42.8 Å². The average molecular weight is 491 g/mol. The molecule has 11 heteroatoms. The number of sulfonamides is 1. The van der Waals surface area contributed by atoms with E-state index in [4.69, 9.17) is 14.6 Å². The molecule has 0 spiro atoms. The molecule has 9 nitrogen and oxygen atoms in total. The number of benzene rings is 2. The molecular formula is C22H26N4O5S2. The van der Waals surface area contributed by atoms with Gasteiger partial charge in [-0.05, 0) is 36.8 Å².